The van der Waals surface area contributed by atoms with Crippen LogP contribution >= 0.6 is 11.6 Å². The first-order chi connectivity index (χ1) is 11.1. The molecule has 0 saturated carbocycles. The molecule has 0 atom stereocenters. The van der Waals surface area contributed by atoms with Crippen LogP contribution in [0, 0.1) is 6.92 Å². The topological polar surface area (TPSA) is 29.1 Å². The molecule has 1 amide bonds. The molecule has 0 aromatic heterocycles. The van der Waals surface area contributed by atoms with Crippen molar-refractivity contribution in [2.75, 3.05) is 5.32 Å². The lowest BCUT2D eigenvalue weighted by molar-refractivity contribution is 0.102. The summed E-state index contributed by atoms with van der Waals surface area (Å²) in [4.78, 5) is 12.7. The zero-order valence-electron chi connectivity index (χ0n) is 12.7. The Morgan fingerprint density at radius 2 is 1.61 bits per heavy atom. The molecular formula is C20H16ClNO. The number of benzene rings is 3. The van der Waals surface area contributed by atoms with E-state index in [4.69, 9.17) is 11.6 Å². The minimum absolute atomic E-state index is 0.171. The molecule has 0 spiro atoms. The minimum Gasteiger partial charge on any atom is -0.321 e. The number of anilines is 1. The van der Waals surface area contributed by atoms with Crippen LogP contribution in [0.4, 0.5) is 5.69 Å². The number of halogens is 1. The lowest BCUT2D eigenvalue weighted by Gasteiger charge is -2.11. The second kappa shape index (κ2) is 6.67. The molecule has 3 rings (SSSR count). The van der Waals surface area contributed by atoms with Crippen molar-refractivity contribution in [2.24, 2.45) is 0 Å². The van der Waals surface area contributed by atoms with Crippen LogP contribution in [0.5, 0.6) is 0 Å². The normalized spacial score (nSPS) is 10.3. The van der Waals surface area contributed by atoms with E-state index in [9.17, 15) is 4.79 Å². The molecule has 2 nitrogen and oxygen atoms in total. The van der Waals surface area contributed by atoms with Crippen molar-refractivity contribution >= 4 is 23.2 Å². The summed E-state index contributed by atoms with van der Waals surface area (Å²) in [5, 5.41) is 3.43. The molecule has 1 N–H and O–H groups in total. The third-order valence-corrected chi connectivity index (χ3v) is 3.94. The summed E-state index contributed by atoms with van der Waals surface area (Å²) in [5.41, 5.74) is 4.19. The van der Waals surface area contributed by atoms with Crippen molar-refractivity contribution in [2.45, 2.75) is 6.92 Å². The highest BCUT2D eigenvalue weighted by Crippen LogP contribution is 2.27. The Balaban J connectivity index is 1.94. The molecular weight excluding hydrogens is 306 g/mol. The molecule has 0 heterocycles. The SMILES string of the molecule is Cc1ccc(NC(=O)c2ccccc2-c2ccccc2)c(Cl)c1. The third-order valence-electron chi connectivity index (χ3n) is 3.63. The standard InChI is InChI=1S/C20H16ClNO/c1-14-11-12-19(18(21)13-14)22-20(23)17-10-6-5-9-16(17)15-7-3-2-4-8-15/h2-13H,1H3,(H,22,23). The smallest absolute Gasteiger partial charge is 0.256 e. The van der Waals surface area contributed by atoms with Crippen LogP contribution < -0.4 is 5.32 Å². The minimum atomic E-state index is -0.171. The average molecular weight is 322 g/mol. The van der Waals surface area contributed by atoms with Crippen molar-refractivity contribution in [3.05, 3.63) is 88.9 Å². The van der Waals surface area contributed by atoms with Crippen LogP contribution in [0.25, 0.3) is 11.1 Å². The summed E-state index contributed by atoms with van der Waals surface area (Å²) < 4.78 is 0. The highest BCUT2D eigenvalue weighted by molar-refractivity contribution is 6.34. The molecule has 0 saturated heterocycles. The van der Waals surface area contributed by atoms with Crippen LogP contribution in [-0.4, -0.2) is 5.91 Å². The number of amides is 1. The van der Waals surface area contributed by atoms with Crippen LogP contribution in [0.3, 0.4) is 0 Å². The highest BCUT2D eigenvalue weighted by atomic mass is 35.5. The fourth-order valence-electron chi connectivity index (χ4n) is 2.46. The number of aryl methyl sites for hydroxylation is 1. The van der Waals surface area contributed by atoms with Gasteiger partial charge in [-0.05, 0) is 41.8 Å². The average Bonchev–Trinajstić information content (AvgIpc) is 2.58. The number of rotatable bonds is 3. The molecule has 0 radical (unpaired) electrons. The fraction of sp³-hybridized carbons (Fsp3) is 0.0500. The number of hydrogen-bond donors (Lipinski definition) is 1. The maximum atomic E-state index is 12.7. The van der Waals surface area contributed by atoms with Crippen LogP contribution in [0.1, 0.15) is 15.9 Å². The van der Waals surface area contributed by atoms with Crippen LogP contribution in [0.2, 0.25) is 5.02 Å². The van der Waals surface area contributed by atoms with Gasteiger partial charge in [-0.25, -0.2) is 0 Å². The van der Waals surface area contributed by atoms with Gasteiger partial charge in [-0.2, -0.15) is 0 Å². The fourth-order valence-corrected chi connectivity index (χ4v) is 2.74. The maximum absolute atomic E-state index is 12.7. The Morgan fingerprint density at radius 3 is 2.35 bits per heavy atom. The Bertz CT molecular complexity index is 843. The first kappa shape index (κ1) is 15.3. The molecule has 0 fully saturated rings. The summed E-state index contributed by atoms with van der Waals surface area (Å²) in [6.45, 7) is 1.96. The lowest BCUT2D eigenvalue weighted by Crippen LogP contribution is -2.13. The van der Waals surface area contributed by atoms with Gasteiger partial charge in [-0.1, -0.05) is 66.2 Å². The molecule has 0 bridgehead atoms. The van der Waals surface area contributed by atoms with E-state index in [2.05, 4.69) is 5.32 Å². The van der Waals surface area contributed by atoms with E-state index in [1.54, 1.807) is 0 Å². The van der Waals surface area contributed by atoms with E-state index in [-0.39, 0.29) is 5.91 Å². The van der Waals surface area contributed by atoms with E-state index in [0.717, 1.165) is 16.7 Å². The van der Waals surface area contributed by atoms with E-state index in [0.29, 0.717) is 16.3 Å². The van der Waals surface area contributed by atoms with Gasteiger partial charge in [-0.3, -0.25) is 4.79 Å². The molecule has 3 heteroatoms. The highest BCUT2D eigenvalue weighted by Gasteiger charge is 2.13. The van der Waals surface area contributed by atoms with E-state index in [1.165, 1.54) is 0 Å². The summed E-state index contributed by atoms with van der Waals surface area (Å²) in [6.07, 6.45) is 0. The van der Waals surface area contributed by atoms with Crippen LogP contribution in [-0.2, 0) is 0 Å². The van der Waals surface area contributed by atoms with E-state index >= 15 is 0 Å². The summed E-state index contributed by atoms with van der Waals surface area (Å²) in [5.74, 6) is -0.171. The number of carbonyl (C=O) groups is 1. The van der Waals surface area contributed by atoms with Gasteiger partial charge in [0.1, 0.15) is 0 Å². The zero-order chi connectivity index (χ0) is 16.2. The number of carbonyl (C=O) groups excluding carboxylic acids is 1. The number of hydrogen-bond acceptors (Lipinski definition) is 1. The van der Waals surface area contributed by atoms with Gasteiger partial charge in [0.2, 0.25) is 0 Å². The second-order valence-corrected chi connectivity index (χ2v) is 5.76. The van der Waals surface area contributed by atoms with E-state index < -0.39 is 0 Å². The zero-order valence-corrected chi connectivity index (χ0v) is 13.5. The molecule has 114 valence electrons. The van der Waals surface area contributed by atoms with Crippen molar-refractivity contribution < 1.29 is 4.79 Å². The first-order valence-corrected chi connectivity index (χ1v) is 7.75. The monoisotopic (exact) mass is 321 g/mol. The first-order valence-electron chi connectivity index (χ1n) is 7.37. The quantitative estimate of drug-likeness (QED) is 0.671. The van der Waals surface area contributed by atoms with Gasteiger partial charge in [0.05, 0.1) is 10.7 Å². The van der Waals surface area contributed by atoms with Gasteiger partial charge < -0.3 is 5.32 Å². The van der Waals surface area contributed by atoms with Crippen molar-refractivity contribution in [3.63, 3.8) is 0 Å². The third kappa shape index (κ3) is 3.43. The van der Waals surface area contributed by atoms with Crippen molar-refractivity contribution in [3.8, 4) is 11.1 Å². The van der Waals surface area contributed by atoms with Crippen molar-refractivity contribution in [1.82, 2.24) is 0 Å². The predicted molar refractivity (Wildman–Crippen MR) is 96.0 cm³/mol. The molecule has 0 aliphatic heterocycles. The molecule has 0 aliphatic carbocycles. The molecule has 3 aromatic rings. The summed E-state index contributed by atoms with van der Waals surface area (Å²) in [7, 11) is 0. The number of nitrogens with one attached hydrogen (secondary N) is 1. The Hall–Kier alpha value is -2.58. The molecule has 3 aromatic carbocycles. The predicted octanol–water partition coefficient (Wildman–Crippen LogP) is 5.57. The molecule has 0 aliphatic rings. The van der Waals surface area contributed by atoms with Gasteiger partial charge in [0.15, 0.2) is 0 Å². The van der Waals surface area contributed by atoms with Gasteiger partial charge in [0, 0.05) is 5.56 Å². The van der Waals surface area contributed by atoms with Crippen molar-refractivity contribution in [1.29, 1.82) is 0 Å². The Morgan fingerprint density at radius 1 is 0.913 bits per heavy atom. The Labute approximate surface area is 140 Å². The molecule has 23 heavy (non-hydrogen) atoms. The molecule has 0 unspecified atom stereocenters. The van der Waals surface area contributed by atoms with E-state index in [1.807, 2.05) is 79.7 Å². The van der Waals surface area contributed by atoms with Gasteiger partial charge in [0.25, 0.3) is 5.91 Å². The van der Waals surface area contributed by atoms with Gasteiger partial charge >= 0.3 is 0 Å². The Kier molecular flexibility index (Phi) is 4.45. The lowest BCUT2D eigenvalue weighted by atomic mass is 9.99. The second-order valence-electron chi connectivity index (χ2n) is 5.35. The van der Waals surface area contributed by atoms with Crippen LogP contribution in [0.15, 0.2) is 72.8 Å². The van der Waals surface area contributed by atoms with Gasteiger partial charge in [-0.15, -0.1) is 0 Å². The maximum Gasteiger partial charge on any atom is 0.256 e. The largest absolute Gasteiger partial charge is 0.321 e. The summed E-state index contributed by atoms with van der Waals surface area (Å²) in [6, 6.07) is 23.0. The summed E-state index contributed by atoms with van der Waals surface area (Å²) >= 11 is 6.20.